The number of hydrogen-bond donors (Lipinski definition) is 0. The van der Waals surface area contributed by atoms with Gasteiger partial charge in [-0.1, -0.05) is 51.8 Å². The van der Waals surface area contributed by atoms with Crippen LogP contribution in [-0.4, -0.2) is 6.61 Å². The van der Waals surface area contributed by atoms with E-state index in [1.807, 2.05) is 13.0 Å². The predicted octanol–water partition coefficient (Wildman–Crippen LogP) is 5.83. The average molecular weight is 398 g/mol. The Labute approximate surface area is 137 Å². The Morgan fingerprint density at radius 1 is 1.15 bits per heavy atom. The minimum atomic E-state index is 0.302. The number of ether oxygens (including phenoxy) is 1. The zero-order valence-electron chi connectivity index (χ0n) is 11.7. The molecule has 0 saturated carbocycles. The molecule has 0 radical (unpaired) electrons. The van der Waals surface area contributed by atoms with Crippen molar-refractivity contribution >= 4 is 31.9 Å². The largest absolute Gasteiger partial charge is 0.493 e. The Morgan fingerprint density at radius 2 is 1.95 bits per heavy atom. The first kappa shape index (κ1) is 15.6. The highest BCUT2D eigenvalue weighted by Crippen LogP contribution is 2.33. The number of rotatable bonds is 5. The first-order valence-electron chi connectivity index (χ1n) is 6.72. The van der Waals surface area contributed by atoms with Crippen molar-refractivity contribution < 1.29 is 4.74 Å². The van der Waals surface area contributed by atoms with Gasteiger partial charge in [-0.05, 0) is 59.5 Å². The van der Waals surface area contributed by atoms with Crippen molar-refractivity contribution in [3.63, 3.8) is 0 Å². The molecule has 20 heavy (non-hydrogen) atoms. The van der Waals surface area contributed by atoms with Gasteiger partial charge in [0, 0.05) is 4.83 Å². The molecule has 106 valence electrons. The van der Waals surface area contributed by atoms with Gasteiger partial charge in [0.25, 0.3) is 0 Å². The van der Waals surface area contributed by atoms with E-state index < -0.39 is 0 Å². The molecule has 2 aromatic rings. The Bertz CT molecular complexity index is 581. The molecule has 0 saturated heterocycles. The molecule has 0 fully saturated rings. The molecule has 2 aromatic carbocycles. The fraction of sp³-hybridized carbons (Fsp3) is 0.294. The lowest BCUT2D eigenvalue weighted by molar-refractivity contribution is 0.338. The van der Waals surface area contributed by atoms with Crippen molar-refractivity contribution in [2.45, 2.75) is 25.1 Å². The summed E-state index contributed by atoms with van der Waals surface area (Å²) in [6, 6.07) is 14.9. The van der Waals surface area contributed by atoms with Crippen LogP contribution < -0.4 is 4.74 Å². The van der Waals surface area contributed by atoms with Crippen LogP contribution in [-0.2, 0) is 6.42 Å². The van der Waals surface area contributed by atoms with Crippen molar-refractivity contribution in [2.75, 3.05) is 6.61 Å². The predicted molar refractivity (Wildman–Crippen MR) is 91.9 cm³/mol. The van der Waals surface area contributed by atoms with E-state index in [0.717, 1.165) is 16.6 Å². The van der Waals surface area contributed by atoms with Gasteiger partial charge in [0.05, 0.1) is 11.1 Å². The van der Waals surface area contributed by atoms with Gasteiger partial charge in [-0.3, -0.25) is 0 Å². The second kappa shape index (κ2) is 7.28. The summed E-state index contributed by atoms with van der Waals surface area (Å²) in [6.07, 6.45) is 0.974. The maximum absolute atomic E-state index is 5.54. The van der Waals surface area contributed by atoms with Crippen molar-refractivity contribution in [2.24, 2.45) is 0 Å². The molecule has 0 N–H and O–H groups in total. The van der Waals surface area contributed by atoms with Crippen LogP contribution in [0, 0.1) is 6.92 Å². The first-order chi connectivity index (χ1) is 9.60. The summed E-state index contributed by atoms with van der Waals surface area (Å²) in [7, 11) is 0. The highest BCUT2D eigenvalue weighted by Gasteiger charge is 2.11. The van der Waals surface area contributed by atoms with Crippen molar-refractivity contribution in [3.8, 4) is 5.75 Å². The molecule has 0 aliphatic carbocycles. The quantitative estimate of drug-likeness (QED) is 0.576. The second-order valence-corrected chi connectivity index (χ2v) is 6.74. The van der Waals surface area contributed by atoms with E-state index in [9.17, 15) is 0 Å². The molecular formula is C17H18Br2O. The van der Waals surface area contributed by atoms with E-state index in [-0.39, 0.29) is 0 Å². The summed E-state index contributed by atoms with van der Waals surface area (Å²) >= 11 is 7.35. The number of alkyl halides is 1. The second-order valence-electron chi connectivity index (χ2n) is 4.78. The lowest BCUT2D eigenvalue weighted by Crippen LogP contribution is -1.98. The van der Waals surface area contributed by atoms with E-state index in [1.54, 1.807) is 0 Å². The third kappa shape index (κ3) is 4.10. The van der Waals surface area contributed by atoms with Crippen LogP contribution in [0.3, 0.4) is 0 Å². The SMILES string of the molecule is CCOc1ccc(C(Br)Cc2cccc(C)c2)cc1Br. The zero-order chi connectivity index (χ0) is 14.5. The molecule has 0 heterocycles. The lowest BCUT2D eigenvalue weighted by atomic mass is 10.0. The van der Waals surface area contributed by atoms with Crippen LogP contribution in [0.2, 0.25) is 0 Å². The van der Waals surface area contributed by atoms with Crippen LogP contribution >= 0.6 is 31.9 Å². The summed E-state index contributed by atoms with van der Waals surface area (Å²) in [6.45, 7) is 4.80. The third-order valence-corrected chi connectivity index (χ3v) is 4.59. The maximum atomic E-state index is 5.54. The Hall–Kier alpha value is -0.800. The monoisotopic (exact) mass is 396 g/mol. The van der Waals surface area contributed by atoms with Crippen LogP contribution in [0.4, 0.5) is 0 Å². The molecule has 2 rings (SSSR count). The molecule has 1 atom stereocenters. The maximum Gasteiger partial charge on any atom is 0.133 e. The molecule has 0 aromatic heterocycles. The molecule has 0 aliphatic rings. The molecule has 1 unspecified atom stereocenters. The van der Waals surface area contributed by atoms with Crippen LogP contribution in [0.1, 0.15) is 28.4 Å². The van der Waals surface area contributed by atoms with Gasteiger partial charge in [-0.25, -0.2) is 0 Å². The zero-order valence-corrected chi connectivity index (χ0v) is 14.9. The normalized spacial score (nSPS) is 12.2. The van der Waals surface area contributed by atoms with Gasteiger partial charge in [0.2, 0.25) is 0 Å². The van der Waals surface area contributed by atoms with Crippen LogP contribution in [0.15, 0.2) is 46.9 Å². The molecule has 3 heteroatoms. The number of aryl methyl sites for hydroxylation is 1. The van der Waals surface area contributed by atoms with E-state index in [2.05, 4.69) is 75.2 Å². The van der Waals surface area contributed by atoms with Gasteiger partial charge in [0.15, 0.2) is 0 Å². The minimum absolute atomic E-state index is 0.302. The van der Waals surface area contributed by atoms with E-state index in [4.69, 9.17) is 4.74 Å². The Kier molecular flexibility index (Phi) is 5.67. The number of benzene rings is 2. The summed E-state index contributed by atoms with van der Waals surface area (Å²) in [5, 5.41) is 0. The molecule has 1 nitrogen and oxygen atoms in total. The molecule has 0 bridgehead atoms. The average Bonchev–Trinajstić information content (AvgIpc) is 2.41. The fourth-order valence-corrected chi connectivity index (χ4v) is 3.32. The summed E-state index contributed by atoms with van der Waals surface area (Å²) in [5.74, 6) is 0.895. The van der Waals surface area contributed by atoms with Gasteiger partial charge in [-0.2, -0.15) is 0 Å². The van der Waals surface area contributed by atoms with Crippen molar-refractivity contribution in [1.82, 2.24) is 0 Å². The summed E-state index contributed by atoms with van der Waals surface area (Å²) in [4.78, 5) is 0.302. The van der Waals surface area contributed by atoms with E-state index in [1.165, 1.54) is 16.7 Å². The molecule has 0 aliphatic heterocycles. The smallest absolute Gasteiger partial charge is 0.133 e. The van der Waals surface area contributed by atoms with Crippen LogP contribution in [0.5, 0.6) is 5.75 Å². The number of halogens is 2. The molecular weight excluding hydrogens is 380 g/mol. The lowest BCUT2D eigenvalue weighted by Gasteiger charge is -2.13. The Morgan fingerprint density at radius 3 is 2.60 bits per heavy atom. The highest BCUT2D eigenvalue weighted by atomic mass is 79.9. The Balaban J connectivity index is 2.13. The molecule has 0 amide bonds. The topological polar surface area (TPSA) is 9.23 Å². The standard InChI is InChI=1S/C17H18Br2O/c1-3-20-17-8-7-14(11-16(17)19)15(18)10-13-6-4-5-12(2)9-13/h4-9,11,15H,3,10H2,1-2H3. The van der Waals surface area contributed by atoms with E-state index >= 15 is 0 Å². The fourth-order valence-electron chi connectivity index (χ4n) is 2.15. The third-order valence-electron chi connectivity index (χ3n) is 3.11. The van der Waals surface area contributed by atoms with Crippen molar-refractivity contribution in [1.29, 1.82) is 0 Å². The van der Waals surface area contributed by atoms with Crippen LogP contribution in [0.25, 0.3) is 0 Å². The molecule has 0 spiro atoms. The van der Waals surface area contributed by atoms with Gasteiger partial charge in [-0.15, -0.1) is 0 Å². The summed E-state index contributed by atoms with van der Waals surface area (Å²) < 4.78 is 6.55. The van der Waals surface area contributed by atoms with Gasteiger partial charge < -0.3 is 4.74 Å². The van der Waals surface area contributed by atoms with Gasteiger partial charge >= 0.3 is 0 Å². The summed E-state index contributed by atoms with van der Waals surface area (Å²) in [5.41, 5.74) is 3.90. The van der Waals surface area contributed by atoms with Crippen molar-refractivity contribution in [3.05, 3.63) is 63.6 Å². The minimum Gasteiger partial charge on any atom is -0.493 e. The number of hydrogen-bond acceptors (Lipinski definition) is 1. The first-order valence-corrected chi connectivity index (χ1v) is 8.43. The van der Waals surface area contributed by atoms with E-state index in [0.29, 0.717) is 11.4 Å². The highest BCUT2D eigenvalue weighted by molar-refractivity contribution is 9.10. The van der Waals surface area contributed by atoms with Gasteiger partial charge in [0.1, 0.15) is 5.75 Å².